The molecule has 33 heavy (non-hydrogen) atoms. The minimum atomic E-state index is 0.174. The average Bonchev–Trinajstić information content (AvgIpc) is 2.77. The second kappa shape index (κ2) is 8.55. The third-order valence-electron chi connectivity index (χ3n) is 6.17. The maximum atomic E-state index is 10.2. The van der Waals surface area contributed by atoms with E-state index < -0.39 is 0 Å². The second-order valence-electron chi connectivity index (χ2n) is 8.78. The van der Waals surface area contributed by atoms with Gasteiger partial charge in [0.15, 0.2) is 0 Å². The minimum Gasteiger partial charge on any atom is -0.508 e. The Kier molecular flexibility index (Phi) is 5.77. The predicted octanol–water partition coefficient (Wildman–Crippen LogP) is 6.67. The lowest BCUT2D eigenvalue weighted by Crippen LogP contribution is -1.97. The Bertz CT molecular complexity index is 1220. The molecule has 4 rings (SSSR count). The molecule has 0 amide bonds. The van der Waals surface area contributed by atoms with Crippen molar-refractivity contribution in [1.29, 1.82) is 0 Å². The standard InChI is InChI=1S/C29H28O4/c1-16-9-22(10-17(2)28(16)32)26-14-24(30)7-5-20(26)13-21-6-8-25(31)15-27(21)23-11-18(3)29(33)19(4)12-23/h5-12,14-15,30-33H,13H2,1-4H3. The number of aryl methyl sites for hydroxylation is 4. The SMILES string of the molecule is Cc1cc(-c2cc(O)ccc2Cc2ccc(O)cc2-c2cc(C)c(O)c(C)c2)cc(C)c1O. The molecule has 0 aromatic heterocycles. The molecule has 4 aromatic rings. The smallest absolute Gasteiger partial charge is 0.121 e. The molecule has 0 radical (unpaired) electrons. The van der Waals surface area contributed by atoms with Crippen LogP contribution >= 0.6 is 0 Å². The molecule has 0 saturated heterocycles. The number of rotatable bonds is 4. The van der Waals surface area contributed by atoms with Gasteiger partial charge in [-0.1, -0.05) is 12.1 Å². The molecular formula is C29H28O4. The summed E-state index contributed by atoms with van der Waals surface area (Å²) in [7, 11) is 0. The van der Waals surface area contributed by atoms with Gasteiger partial charge in [-0.2, -0.15) is 0 Å². The first kappa shape index (κ1) is 22.3. The van der Waals surface area contributed by atoms with E-state index in [0.29, 0.717) is 6.42 Å². The van der Waals surface area contributed by atoms with Crippen LogP contribution in [0.5, 0.6) is 23.0 Å². The van der Waals surface area contributed by atoms with E-state index in [9.17, 15) is 20.4 Å². The Balaban J connectivity index is 1.85. The van der Waals surface area contributed by atoms with Gasteiger partial charge in [-0.25, -0.2) is 0 Å². The third kappa shape index (κ3) is 4.37. The molecule has 0 fully saturated rings. The molecule has 0 bridgehead atoms. The van der Waals surface area contributed by atoms with Crippen LogP contribution in [0.1, 0.15) is 33.4 Å². The highest BCUT2D eigenvalue weighted by molar-refractivity contribution is 5.75. The second-order valence-corrected chi connectivity index (χ2v) is 8.78. The third-order valence-corrected chi connectivity index (χ3v) is 6.17. The van der Waals surface area contributed by atoms with Crippen LogP contribution in [0.25, 0.3) is 22.3 Å². The maximum absolute atomic E-state index is 10.2. The molecule has 4 N–H and O–H groups in total. The van der Waals surface area contributed by atoms with Gasteiger partial charge in [0.2, 0.25) is 0 Å². The molecule has 0 heterocycles. The summed E-state index contributed by atoms with van der Waals surface area (Å²) < 4.78 is 0. The van der Waals surface area contributed by atoms with Crippen molar-refractivity contribution in [1.82, 2.24) is 0 Å². The number of benzene rings is 4. The van der Waals surface area contributed by atoms with Crippen molar-refractivity contribution in [2.75, 3.05) is 0 Å². The van der Waals surface area contributed by atoms with Crippen molar-refractivity contribution in [2.24, 2.45) is 0 Å². The lowest BCUT2D eigenvalue weighted by Gasteiger charge is -2.17. The zero-order valence-electron chi connectivity index (χ0n) is 19.3. The quantitative estimate of drug-likeness (QED) is 0.286. The Morgan fingerprint density at radius 3 is 1.15 bits per heavy atom. The predicted molar refractivity (Wildman–Crippen MR) is 132 cm³/mol. The van der Waals surface area contributed by atoms with Crippen LogP contribution in [-0.2, 0) is 6.42 Å². The normalized spacial score (nSPS) is 11.0. The highest BCUT2D eigenvalue weighted by Gasteiger charge is 2.15. The van der Waals surface area contributed by atoms with Gasteiger partial charge < -0.3 is 20.4 Å². The largest absolute Gasteiger partial charge is 0.508 e. The summed E-state index contributed by atoms with van der Waals surface area (Å²) >= 11 is 0. The highest BCUT2D eigenvalue weighted by Crippen LogP contribution is 2.37. The Morgan fingerprint density at radius 1 is 0.485 bits per heavy atom. The molecule has 4 nitrogen and oxygen atoms in total. The summed E-state index contributed by atoms with van der Waals surface area (Å²) in [5, 5.41) is 40.8. The van der Waals surface area contributed by atoms with Crippen molar-refractivity contribution in [3.63, 3.8) is 0 Å². The molecular weight excluding hydrogens is 412 g/mol. The molecule has 0 unspecified atom stereocenters. The average molecular weight is 441 g/mol. The Morgan fingerprint density at radius 2 is 0.818 bits per heavy atom. The molecule has 0 aliphatic heterocycles. The zero-order valence-corrected chi connectivity index (χ0v) is 19.3. The molecule has 0 atom stereocenters. The van der Waals surface area contributed by atoms with Crippen molar-refractivity contribution >= 4 is 0 Å². The van der Waals surface area contributed by atoms with Crippen molar-refractivity contribution in [3.8, 4) is 45.3 Å². The summed E-state index contributed by atoms with van der Waals surface area (Å²) in [4.78, 5) is 0. The molecule has 168 valence electrons. The van der Waals surface area contributed by atoms with Gasteiger partial charge in [-0.3, -0.25) is 0 Å². The van der Waals surface area contributed by atoms with E-state index in [4.69, 9.17) is 0 Å². The number of phenolic OH excluding ortho intramolecular Hbond substituents is 4. The van der Waals surface area contributed by atoms with Gasteiger partial charge in [-0.15, -0.1) is 0 Å². The molecule has 4 aromatic carbocycles. The molecule has 0 saturated carbocycles. The Hall–Kier alpha value is -3.92. The Labute approximate surface area is 194 Å². The van der Waals surface area contributed by atoms with Crippen LogP contribution in [0.15, 0.2) is 60.7 Å². The van der Waals surface area contributed by atoms with Gasteiger partial charge in [0.25, 0.3) is 0 Å². The van der Waals surface area contributed by atoms with Crippen LogP contribution in [0.4, 0.5) is 0 Å². The highest BCUT2D eigenvalue weighted by atomic mass is 16.3. The fraction of sp³-hybridized carbons (Fsp3) is 0.172. The van der Waals surface area contributed by atoms with E-state index >= 15 is 0 Å². The van der Waals surface area contributed by atoms with Crippen LogP contribution in [-0.4, -0.2) is 20.4 Å². The molecule has 0 aliphatic rings. The summed E-state index contributed by atoms with van der Waals surface area (Å²) in [6.07, 6.45) is 0.573. The van der Waals surface area contributed by atoms with Crippen LogP contribution < -0.4 is 0 Å². The van der Waals surface area contributed by atoms with E-state index in [1.165, 1.54) is 0 Å². The zero-order chi connectivity index (χ0) is 23.9. The maximum Gasteiger partial charge on any atom is 0.121 e. The van der Waals surface area contributed by atoms with Gasteiger partial charge in [0.1, 0.15) is 23.0 Å². The van der Waals surface area contributed by atoms with E-state index in [0.717, 1.165) is 55.6 Å². The van der Waals surface area contributed by atoms with Crippen LogP contribution in [0.2, 0.25) is 0 Å². The van der Waals surface area contributed by atoms with E-state index in [2.05, 4.69) is 0 Å². The monoisotopic (exact) mass is 440 g/mol. The first-order valence-corrected chi connectivity index (χ1v) is 10.9. The van der Waals surface area contributed by atoms with Gasteiger partial charge in [0.05, 0.1) is 0 Å². The lowest BCUT2D eigenvalue weighted by atomic mass is 9.89. The summed E-state index contributed by atoms with van der Waals surface area (Å²) in [6, 6.07) is 18.3. The number of aromatic hydroxyl groups is 4. The molecule has 0 spiro atoms. The minimum absolute atomic E-state index is 0.174. The first-order valence-electron chi connectivity index (χ1n) is 10.9. The summed E-state index contributed by atoms with van der Waals surface area (Å²) in [6.45, 7) is 7.45. The van der Waals surface area contributed by atoms with Crippen molar-refractivity contribution in [2.45, 2.75) is 34.1 Å². The number of hydrogen-bond donors (Lipinski definition) is 4. The van der Waals surface area contributed by atoms with Crippen LogP contribution in [0.3, 0.4) is 0 Å². The summed E-state index contributed by atoms with van der Waals surface area (Å²) in [5.41, 5.74) is 8.75. The van der Waals surface area contributed by atoms with Gasteiger partial charge in [0, 0.05) is 0 Å². The van der Waals surface area contributed by atoms with E-state index in [-0.39, 0.29) is 23.0 Å². The van der Waals surface area contributed by atoms with E-state index in [1.807, 2.05) is 64.1 Å². The molecule has 4 heteroatoms. The fourth-order valence-electron chi connectivity index (χ4n) is 4.40. The van der Waals surface area contributed by atoms with Crippen molar-refractivity contribution in [3.05, 3.63) is 94.0 Å². The van der Waals surface area contributed by atoms with E-state index in [1.54, 1.807) is 24.3 Å². The fourth-order valence-corrected chi connectivity index (χ4v) is 4.40. The van der Waals surface area contributed by atoms with Gasteiger partial charge >= 0.3 is 0 Å². The number of hydrogen-bond acceptors (Lipinski definition) is 4. The number of phenols is 4. The molecule has 0 aliphatic carbocycles. The summed E-state index contributed by atoms with van der Waals surface area (Å²) in [5.74, 6) is 0.902. The van der Waals surface area contributed by atoms with Gasteiger partial charge in [-0.05, 0) is 138 Å². The van der Waals surface area contributed by atoms with Crippen LogP contribution in [0, 0.1) is 27.7 Å². The lowest BCUT2D eigenvalue weighted by molar-refractivity contribution is 0.466. The van der Waals surface area contributed by atoms with Crippen molar-refractivity contribution < 1.29 is 20.4 Å². The first-order chi connectivity index (χ1) is 15.6. The topological polar surface area (TPSA) is 80.9 Å².